The standard InChI is InChI=1S/C21H15F3N2OS2/c1-2-25-12-13(16-8-3-4-9-17(16)25)10-18-19(27)26(20(28)29-18)15-7-5-6-14(11-15)21(22,23)24/h3-12H,2H2,1H3/b18-10+. The highest BCUT2D eigenvalue weighted by Crippen LogP contribution is 2.39. The first kappa shape index (κ1) is 19.7. The summed E-state index contributed by atoms with van der Waals surface area (Å²) in [5, 5.41) is 0.999. The summed E-state index contributed by atoms with van der Waals surface area (Å²) in [6.07, 6.45) is -0.781. The van der Waals surface area contributed by atoms with Crippen molar-refractivity contribution in [2.75, 3.05) is 4.90 Å². The zero-order valence-electron chi connectivity index (χ0n) is 15.2. The monoisotopic (exact) mass is 432 g/mol. The average molecular weight is 432 g/mol. The number of nitrogens with zero attached hydrogens (tertiary/aromatic N) is 2. The second-order valence-electron chi connectivity index (χ2n) is 6.45. The summed E-state index contributed by atoms with van der Waals surface area (Å²) < 4.78 is 41.4. The third kappa shape index (κ3) is 3.58. The Morgan fingerprint density at radius 3 is 2.62 bits per heavy atom. The highest BCUT2D eigenvalue weighted by Gasteiger charge is 2.36. The maximum absolute atomic E-state index is 13.0. The first-order valence-corrected chi connectivity index (χ1v) is 10.0. The molecule has 0 bridgehead atoms. The molecule has 0 radical (unpaired) electrons. The number of carbonyl (C=O) groups excluding carboxylic acids is 1. The van der Waals surface area contributed by atoms with Crippen molar-refractivity contribution in [3.05, 3.63) is 70.8 Å². The van der Waals surface area contributed by atoms with E-state index < -0.39 is 17.6 Å². The molecule has 0 aliphatic carbocycles. The molecule has 3 nitrogen and oxygen atoms in total. The molecular formula is C21H15F3N2OS2. The van der Waals surface area contributed by atoms with E-state index in [-0.39, 0.29) is 10.0 Å². The van der Waals surface area contributed by atoms with Crippen molar-refractivity contribution in [1.82, 2.24) is 4.57 Å². The molecule has 2 heterocycles. The highest BCUT2D eigenvalue weighted by atomic mass is 32.2. The van der Waals surface area contributed by atoms with Crippen LogP contribution in [0.25, 0.3) is 17.0 Å². The van der Waals surface area contributed by atoms with Gasteiger partial charge < -0.3 is 4.57 Å². The molecule has 148 valence electrons. The van der Waals surface area contributed by atoms with Gasteiger partial charge in [0.15, 0.2) is 4.32 Å². The van der Waals surface area contributed by atoms with E-state index in [0.29, 0.717) is 4.91 Å². The molecule has 1 amide bonds. The van der Waals surface area contributed by atoms with Gasteiger partial charge in [0.1, 0.15) is 0 Å². The zero-order chi connectivity index (χ0) is 20.8. The van der Waals surface area contributed by atoms with Crippen LogP contribution >= 0.6 is 24.0 Å². The van der Waals surface area contributed by atoms with Gasteiger partial charge >= 0.3 is 6.18 Å². The summed E-state index contributed by atoms with van der Waals surface area (Å²) in [6.45, 7) is 2.81. The van der Waals surface area contributed by atoms with Gasteiger partial charge in [0, 0.05) is 29.2 Å². The molecule has 1 aromatic heterocycles. The predicted molar refractivity (Wildman–Crippen MR) is 115 cm³/mol. The number of thioether (sulfide) groups is 1. The SMILES string of the molecule is CCn1cc(/C=C2/SC(=S)N(c3cccc(C(F)(F)F)c3)C2=O)c2ccccc21. The van der Waals surface area contributed by atoms with E-state index in [9.17, 15) is 18.0 Å². The van der Waals surface area contributed by atoms with Crippen LogP contribution in [0.2, 0.25) is 0 Å². The number of rotatable bonds is 3. The van der Waals surface area contributed by atoms with Gasteiger partial charge in [-0.15, -0.1) is 0 Å². The van der Waals surface area contributed by atoms with E-state index in [0.717, 1.165) is 51.8 Å². The highest BCUT2D eigenvalue weighted by molar-refractivity contribution is 8.27. The summed E-state index contributed by atoms with van der Waals surface area (Å²) in [5.41, 5.74) is 1.21. The van der Waals surface area contributed by atoms with E-state index in [1.807, 2.05) is 37.4 Å². The van der Waals surface area contributed by atoms with Crippen LogP contribution in [-0.2, 0) is 17.5 Å². The molecule has 4 rings (SSSR count). The number of aryl methyl sites for hydroxylation is 1. The Hall–Kier alpha value is -2.58. The number of alkyl halides is 3. The lowest BCUT2D eigenvalue weighted by Gasteiger charge is -2.16. The van der Waals surface area contributed by atoms with E-state index in [1.54, 1.807) is 6.08 Å². The van der Waals surface area contributed by atoms with Crippen molar-refractivity contribution < 1.29 is 18.0 Å². The number of benzene rings is 2. The van der Waals surface area contributed by atoms with Gasteiger partial charge in [0.25, 0.3) is 5.91 Å². The van der Waals surface area contributed by atoms with Gasteiger partial charge in [-0.1, -0.05) is 48.2 Å². The summed E-state index contributed by atoms with van der Waals surface area (Å²) in [6, 6.07) is 12.5. The number of para-hydroxylation sites is 1. The number of fused-ring (bicyclic) bond motifs is 1. The lowest BCUT2D eigenvalue weighted by Crippen LogP contribution is -2.27. The van der Waals surface area contributed by atoms with Gasteiger partial charge in [-0.25, -0.2) is 0 Å². The van der Waals surface area contributed by atoms with E-state index >= 15 is 0 Å². The smallest absolute Gasteiger partial charge is 0.347 e. The quantitative estimate of drug-likeness (QED) is 0.370. The minimum atomic E-state index is -4.49. The van der Waals surface area contributed by atoms with Crippen molar-refractivity contribution in [3.8, 4) is 0 Å². The molecule has 1 saturated heterocycles. The molecule has 0 saturated carbocycles. The Balaban J connectivity index is 1.73. The van der Waals surface area contributed by atoms with Crippen molar-refractivity contribution in [2.24, 2.45) is 0 Å². The maximum atomic E-state index is 13.0. The molecule has 0 N–H and O–H groups in total. The normalized spacial score (nSPS) is 16.4. The van der Waals surface area contributed by atoms with Crippen LogP contribution in [0.4, 0.5) is 18.9 Å². The molecular weight excluding hydrogens is 417 g/mol. The average Bonchev–Trinajstić information content (AvgIpc) is 3.18. The third-order valence-electron chi connectivity index (χ3n) is 4.67. The summed E-state index contributed by atoms with van der Waals surface area (Å²) >= 11 is 6.38. The first-order valence-electron chi connectivity index (χ1n) is 8.82. The summed E-state index contributed by atoms with van der Waals surface area (Å²) in [4.78, 5) is 14.5. The Morgan fingerprint density at radius 2 is 1.90 bits per heavy atom. The molecule has 1 aliphatic rings. The van der Waals surface area contributed by atoms with Crippen molar-refractivity contribution >= 4 is 56.9 Å². The molecule has 3 aromatic rings. The van der Waals surface area contributed by atoms with Crippen LogP contribution < -0.4 is 4.90 Å². The van der Waals surface area contributed by atoms with Crippen LogP contribution in [0.15, 0.2) is 59.6 Å². The third-order valence-corrected chi connectivity index (χ3v) is 5.97. The fraction of sp³-hybridized carbons (Fsp3) is 0.143. The van der Waals surface area contributed by atoms with Gasteiger partial charge in [-0.3, -0.25) is 9.69 Å². The van der Waals surface area contributed by atoms with Crippen LogP contribution in [0.1, 0.15) is 18.1 Å². The Bertz CT molecular complexity index is 1160. The number of hydrogen-bond acceptors (Lipinski definition) is 3. The van der Waals surface area contributed by atoms with Crippen LogP contribution in [0, 0.1) is 0 Å². The Kier molecular flexibility index (Phi) is 5.00. The van der Waals surface area contributed by atoms with Gasteiger partial charge in [-0.05, 0) is 37.3 Å². The molecule has 0 spiro atoms. The second kappa shape index (κ2) is 7.35. The van der Waals surface area contributed by atoms with Crippen LogP contribution in [0.5, 0.6) is 0 Å². The predicted octanol–water partition coefficient (Wildman–Crippen LogP) is 6.09. The number of amides is 1. The van der Waals surface area contributed by atoms with Gasteiger partial charge in [0.2, 0.25) is 0 Å². The van der Waals surface area contributed by atoms with Gasteiger partial charge in [0.05, 0.1) is 16.2 Å². The van der Waals surface area contributed by atoms with E-state index in [4.69, 9.17) is 12.2 Å². The maximum Gasteiger partial charge on any atom is 0.416 e. The minimum absolute atomic E-state index is 0.113. The van der Waals surface area contributed by atoms with Crippen LogP contribution in [0.3, 0.4) is 0 Å². The lowest BCUT2D eigenvalue weighted by atomic mass is 10.1. The van der Waals surface area contributed by atoms with Crippen molar-refractivity contribution in [3.63, 3.8) is 0 Å². The molecule has 0 unspecified atom stereocenters. The number of halogens is 3. The summed E-state index contributed by atoms with van der Waals surface area (Å²) in [7, 11) is 0. The molecule has 2 aromatic carbocycles. The first-order chi connectivity index (χ1) is 13.8. The second-order valence-corrected chi connectivity index (χ2v) is 8.13. The lowest BCUT2D eigenvalue weighted by molar-refractivity contribution is -0.137. The fourth-order valence-corrected chi connectivity index (χ4v) is 4.59. The molecule has 8 heteroatoms. The zero-order valence-corrected chi connectivity index (χ0v) is 16.9. The molecule has 1 fully saturated rings. The van der Waals surface area contributed by atoms with E-state index in [1.165, 1.54) is 12.1 Å². The Morgan fingerprint density at radius 1 is 1.14 bits per heavy atom. The molecule has 0 atom stereocenters. The molecule has 1 aliphatic heterocycles. The number of carbonyl (C=O) groups is 1. The topological polar surface area (TPSA) is 25.2 Å². The van der Waals surface area contributed by atoms with E-state index in [2.05, 4.69) is 4.57 Å². The summed E-state index contributed by atoms with van der Waals surface area (Å²) in [5.74, 6) is -0.423. The Labute approximate surface area is 174 Å². The number of hydrogen-bond donors (Lipinski definition) is 0. The van der Waals surface area contributed by atoms with Crippen molar-refractivity contribution in [2.45, 2.75) is 19.6 Å². The van der Waals surface area contributed by atoms with Gasteiger partial charge in [-0.2, -0.15) is 13.2 Å². The largest absolute Gasteiger partial charge is 0.416 e. The fourth-order valence-electron chi connectivity index (χ4n) is 3.30. The minimum Gasteiger partial charge on any atom is -0.347 e. The van der Waals surface area contributed by atoms with Crippen molar-refractivity contribution in [1.29, 1.82) is 0 Å². The molecule has 29 heavy (non-hydrogen) atoms. The number of thiocarbonyl (C=S) groups is 1. The van der Waals surface area contributed by atoms with Crippen LogP contribution in [-0.4, -0.2) is 14.8 Å². The number of anilines is 1. The number of aromatic nitrogens is 1.